The van der Waals surface area contributed by atoms with Crippen molar-refractivity contribution in [2.75, 3.05) is 0 Å². The molecule has 0 saturated carbocycles. The Balaban J connectivity index is 2.09. The first kappa shape index (κ1) is 19.3. The quantitative estimate of drug-likeness (QED) is 0.380. The largest absolute Gasteiger partial charge is 0.401 e. The highest BCUT2D eigenvalue weighted by atomic mass is 28.4. The first-order chi connectivity index (χ1) is 12.8. The highest BCUT2D eigenvalue weighted by Gasteiger charge is 2.39. The monoisotopic (exact) mass is 374 g/mol. The van der Waals surface area contributed by atoms with Gasteiger partial charge in [-0.05, 0) is 54.5 Å². The third-order valence-corrected chi connectivity index (χ3v) is 5.53. The molecule has 3 rings (SSSR count). The lowest BCUT2D eigenvalue weighted by atomic mass is 9.87. The van der Waals surface area contributed by atoms with Crippen molar-refractivity contribution in [3.63, 3.8) is 0 Å². The van der Waals surface area contributed by atoms with Crippen LogP contribution >= 0.6 is 0 Å². The van der Waals surface area contributed by atoms with Gasteiger partial charge in [-0.2, -0.15) is 0 Å². The van der Waals surface area contributed by atoms with E-state index in [-0.39, 0.29) is 5.78 Å². The van der Waals surface area contributed by atoms with Gasteiger partial charge >= 0.3 is 0 Å². The normalized spacial score (nSPS) is 14.4. The maximum atomic E-state index is 13.4. The molecule has 0 N–H and O–H groups in total. The second kappa shape index (κ2) is 7.63. The fourth-order valence-electron chi connectivity index (χ4n) is 3.39. The minimum atomic E-state index is -1.99. The summed E-state index contributed by atoms with van der Waals surface area (Å²) in [6, 6.07) is 24.1. The van der Waals surface area contributed by atoms with E-state index in [4.69, 9.17) is 4.43 Å². The maximum Gasteiger partial charge on any atom is 0.190 e. The second-order valence-electron chi connectivity index (χ2n) is 7.88. The summed E-state index contributed by atoms with van der Waals surface area (Å²) in [5.74, 6) is -0.0369. The molecular weight excluding hydrogens is 348 g/mol. The summed E-state index contributed by atoms with van der Waals surface area (Å²) in [5.41, 5.74) is 0.904. The van der Waals surface area contributed by atoms with E-state index in [0.29, 0.717) is 0 Å². The highest BCUT2D eigenvalue weighted by Crippen LogP contribution is 2.35. The Kier molecular flexibility index (Phi) is 5.45. The van der Waals surface area contributed by atoms with Crippen molar-refractivity contribution < 1.29 is 9.22 Å². The maximum absolute atomic E-state index is 13.4. The zero-order valence-corrected chi connectivity index (χ0v) is 17.4. The Labute approximate surface area is 162 Å². The average Bonchev–Trinajstić information content (AvgIpc) is 2.65. The molecule has 0 heterocycles. The van der Waals surface area contributed by atoms with E-state index in [2.05, 4.69) is 37.8 Å². The zero-order chi connectivity index (χ0) is 19.5. The van der Waals surface area contributed by atoms with Crippen LogP contribution in [0, 0.1) is 0 Å². The number of carbonyl (C=O) groups is 1. The predicted octanol–water partition coefficient (Wildman–Crippen LogP) is 6.19. The summed E-state index contributed by atoms with van der Waals surface area (Å²) in [4.78, 5) is 13.4. The number of ketones is 1. The van der Waals surface area contributed by atoms with Crippen LogP contribution in [0.4, 0.5) is 0 Å². The molecule has 0 spiro atoms. The molecule has 0 fully saturated rings. The molecule has 0 aromatic heterocycles. The molecule has 1 atom stereocenters. The molecular formula is C24H26O2Si. The highest BCUT2D eigenvalue weighted by molar-refractivity contribution is 6.70. The summed E-state index contributed by atoms with van der Waals surface area (Å²) in [6.07, 6.45) is 3.51. The van der Waals surface area contributed by atoms with Crippen LogP contribution in [0.2, 0.25) is 19.6 Å². The fourth-order valence-corrected chi connectivity index (χ4v) is 4.82. The predicted molar refractivity (Wildman–Crippen MR) is 116 cm³/mol. The second-order valence-corrected chi connectivity index (χ2v) is 12.3. The van der Waals surface area contributed by atoms with Crippen LogP contribution in [0.25, 0.3) is 16.8 Å². The van der Waals surface area contributed by atoms with Gasteiger partial charge in [0.05, 0.1) is 0 Å². The summed E-state index contributed by atoms with van der Waals surface area (Å²) in [6.45, 7) is 8.25. The van der Waals surface area contributed by atoms with Gasteiger partial charge in [0.25, 0.3) is 0 Å². The van der Waals surface area contributed by atoms with Crippen LogP contribution in [0.1, 0.15) is 18.1 Å². The zero-order valence-electron chi connectivity index (χ0n) is 16.4. The lowest BCUT2D eigenvalue weighted by molar-refractivity contribution is -0.129. The minimum absolute atomic E-state index is 0.0369. The van der Waals surface area contributed by atoms with Gasteiger partial charge in [-0.1, -0.05) is 78.9 Å². The molecule has 2 nitrogen and oxygen atoms in total. The number of fused-ring (bicyclic) bond motifs is 1. The van der Waals surface area contributed by atoms with Crippen molar-refractivity contribution in [3.8, 4) is 0 Å². The van der Waals surface area contributed by atoms with Gasteiger partial charge in [-0.3, -0.25) is 4.79 Å². The van der Waals surface area contributed by atoms with Crippen LogP contribution < -0.4 is 0 Å². The molecule has 0 saturated heterocycles. The van der Waals surface area contributed by atoms with Gasteiger partial charge in [0.1, 0.15) is 5.60 Å². The Bertz CT molecular complexity index is 965. The van der Waals surface area contributed by atoms with Gasteiger partial charge < -0.3 is 4.43 Å². The summed E-state index contributed by atoms with van der Waals surface area (Å²) < 4.78 is 6.51. The van der Waals surface area contributed by atoms with Crippen molar-refractivity contribution in [1.29, 1.82) is 0 Å². The Morgan fingerprint density at radius 3 is 2.22 bits per heavy atom. The molecule has 0 bridgehead atoms. The number of hydrogen-bond donors (Lipinski definition) is 0. The topological polar surface area (TPSA) is 26.3 Å². The van der Waals surface area contributed by atoms with Gasteiger partial charge in [-0.15, -0.1) is 0 Å². The Morgan fingerprint density at radius 1 is 0.889 bits per heavy atom. The third-order valence-electron chi connectivity index (χ3n) is 4.51. The number of benzene rings is 3. The van der Waals surface area contributed by atoms with Crippen LogP contribution in [-0.4, -0.2) is 14.1 Å². The van der Waals surface area contributed by atoms with Crippen LogP contribution in [0.5, 0.6) is 0 Å². The van der Waals surface area contributed by atoms with E-state index in [1.54, 1.807) is 6.08 Å². The van der Waals surface area contributed by atoms with Crippen LogP contribution in [-0.2, 0) is 14.8 Å². The molecule has 3 aromatic rings. The molecule has 1 unspecified atom stereocenters. The van der Waals surface area contributed by atoms with Gasteiger partial charge in [0.2, 0.25) is 0 Å². The summed E-state index contributed by atoms with van der Waals surface area (Å²) >= 11 is 0. The SMILES string of the molecule is CC(O[Si](C)(C)C)(C(=O)/C=C/c1ccccc1)c1cccc2ccccc12. The van der Waals surface area contributed by atoms with Gasteiger partial charge in [-0.25, -0.2) is 0 Å². The molecule has 138 valence electrons. The van der Waals surface area contributed by atoms with E-state index < -0.39 is 13.9 Å². The molecule has 3 heteroatoms. The van der Waals surface area contributed by atoms with Crippen molar-refractivity contribution >= 4 is 30.9 Å². The third kappa shape index (κ3) is 4.44. The molecule has 27 heavy (non-hydrogen) atoms. The summed E-state index contributed by atoms with van der Waals surface area (Å²) in [7, 11) is -1.99. The smallest absolute Gasteiger partial charge is 0.190 e. The first-order valence-electron chi connectivity index (χ1n) is 9.26. The molecule has 0 radical (unpaired) electrons. The summed E-state index contributed by atoms with van der Waals surface area (Å²) in [5, 5.41) is 2.17. The van der Waals surface area contributed by atoms with E-state index in [1.807, 2.05) is 67.6 Å². The average molecular weight is 375 g/mol. The van der Waals surface area contributed by atoms with Crippen molar-refractivity contribution in [2.24, 2.45) is 0 Å². The number of rotatable bonds is 6. The number of carbonyl (C=O) groups excluding carboxylic acids is 1. The van der Waals surface area contributed by atoms with E-state index in [9.17, 15) is 4.79 Å². The standard InChI is InChI=1S/C24H26O2Si/c1-24(26-27(2,3)4,23(25)18-17-19-11-6-5-7-12-19)22-16-10-14-20-13-8-9-15-21(20)22/h5-18H,1-4H3/b18-17+. The van der Waals surface area contributed by atoms with E-state index in [1.165, 1.54) is 0 Å². The van der Waals surface area contributed by atoms with Crippen LogP contribution in [0.3, 0.4) is 0 Å². The molecule has 0 aliphatic carbocycles. The number of hydrogen-bond acceptors (Lipinski definition) is 2. The van der Waals surface area contributed by atoms with Crippen molar-refractivity contribution in [1.82, 2.24) is 0 Å². The lowest BCUT2D eigenvalue weighted by Gasteiger charge is -2.35. The van der Waals surface area contributed by atoms with E-state index in [0.717, 1.165) is 21.9 Å². The van der Waals surface area contributed by atoms with Crippen LogP contribution in [0.15, 0.2) is 78.9 Å². The Hall–Kier alpha value is -2.49. The lowest BCUT2D eigenvalue weighted by Crippen LogP contribution is -2.43. The van der Waals surface area contributed by atoms with E-state index >= 15 is 0 Å². The minimum Gasteiger partial charge on any atom is -0.401 e. The molecule has 0 aliphatic heterocycles. The van der Waals surface area contributed by atoms with Gasteiger partial charge in [0, 0.05) is 0 Å². The van der Waals surface area contributed by atoms with Gasteiger partial charge in [0.15, 0.2) is 14.1 Å². The first-order valence-corrected chi connectivity index (χ1v) is 12.7. The molecule has 3 aromatic carbocycles. The Morgan fingerprint density at radius 2 is 1.52 bits per heavy atom. The molecule has 0 amide bonds. The molecule has 0 aliphatic rings. The fraction of sp³-hybridized carbons (Fsp3) is 0.208. The van der Waals surface area contributed by atoms with Crippen molar-refractivity contribution in [3.05, 3.63) is 90.0 Å². The van der Waals surface area contributed by atoms with Crippen molar-refractivity contribution in [2.45, 2.75) is 32.2 Å².